The molecule has 0 atom stereocenters. The Morgan fingerprint density at radius 1 is 1.16 bits per heavy atom. The lowest BCUT2D eigenvalue weighted by Crippen LogP contribution is -2.37. The molecule has 1 fully saturated rings. The number of amides is 1. The van der Waals surface area contributed by atoms with E-state index in [0.717, 1.165) is 18.8 Å². The van der Waals surface area contributed by atoms with Crippen LogP contribution in [0.1, 0.15) is 23.9 Å². The number of hydrogen-bond donors (Lipinski definition) is 1. The van der Waals surface area contributed by atoms with E-state index in [1.165, 1.54) is 13.0 Å². The number of carbonyl (C=O) groups excluding carboxylic acids is 1. The summed E-state index contributed by atoms with van der Waals surface area (Å²) in [6.45, 7) is 6.32. The van der Waals surface area contributed by atoms with Crippen LogP contribution in [0.3, 0.4) is 0 Å². The summed E-state index contributed by atoms with van der Waals surface area (Å²) >= 11 is 0. The van der Waals surface area contributed by atoms with Gasteiger partial charge in [0.2, 0.25) is 5.76 Å². The first-order valence-electron chi connectivity index (χ1n) is 11.9. The zero-order chi connectivity index (χ0) is 26.2. The number of nitro groups is 1. The van der Waals surface area contributed by atoms with Gasteiger partial charge >= 0.3 is 5.69 Å². The summed E-state index contributed by atoms with van der Waals surface area (Å²) < 4.78 is 21.9. The van der Waals surface area contributed by atoms with Gasteiger partial charge in [0.25, 0.3) is 5.91 Å². The minimum Gasteiger partial charge on any atom is -0.490 e. The molecule has 1 N–H and O–H groups in total. The Labute approximate surface area is 213 Å². The highest BCUT2D eigenvalue weighted by atomic mass is 16.6. The Morgan fingerprint density at radius 2 is 1.95 bits per heavy atom. The van der Waals surface area contributed by atoms with Crippen LogP contribution < -0.4 is 19.7 Å². The van der Waals surface area contributed by atoms with E-state index in [2.05, 4.69) is 15.4 Å². The molecule has 0 spiro atoms. The van der Waals surface area contributed by atoms with Crippen molar-refractivity contribution in [3.63, 3.8) is 0 Å². The van der Waals surface area contributed by atoms with Gasteiger partial charge < -0.3 is 29.0 Å². The first kappa shape index (κ1) is 25.7. The molecule has 37 heavy (non-hydrogen) atoms. The predicted molar refractivity (Wildman–Crippen MR) is 138 cm³/mol. The van der Waals surface area contributed by atoms with Gasteiger partial charge in [-0.1, -0.05) is 29.4 Å². The van der Waals surface area contributed by atoms with E-state index in [1.54, 1.807) is 24.3 Å². The van der Waals surface area contributed by atoms with Crippen LogP contribution in [0.25, 0.3) is 12.2 Å². The van der Waals surface area contributed by atoms with E-state index in [-0.39, 0.29) is 29.7 Å². The fourth-order valence-corrected chi connectivity index (χ4v) is 3.89. The SMILES string of the molecule is CCOc1cc(/C=C/c2onc(C)c2[N+](=O)[O-])ccc1OCC(=O)Nc1ccccc1N1CCOCC1. The minimum atomic E-state index is -0.529. The van der Waals surface area contributed by atoms with Crippen molar-refractivity contribution in [2.45, 2.75) is 13.8 Å². The van der Waals surface area contributed by atoms with E-state index in [0.29, 0.717) is 42.6 Å². The van der Waals surface area contributed by atoms with Crippen LogP contribution in [0.2, 0.25) is 0 Å². The quantitative estimate of drug-likeness (QED) is 0.314. The van der Waals surface area contributed by atoms with Crippen molar-refractivity contribution in [3.8, 4) is 11.5 Å². The Morgan fingerprint density at radius 3 is 2.70 bits per heavy atom. The third-order valence-corrected chi connectivity index (χ3v) is 5.62. The van der Waals surface area contributed by atoms with Gasteiger partial charge in [0, 0.05) is 13.1 Å². The van der Waals surface area contributed by atoms with E-state index in [4.69, 9.17) is 18.7 Å². The van der Waals surface area contributed by atoms with Crippen molar-refractivity contribution in [3.05, 3.63) is 69.6 Å². The number of ether oxygens (including phenoxy) is 3. The van der Waals surface area contributed by atoms with Gasteiger partial charge in [0.15, 0.2) is 23.8 Å². The van der Waals surface area contributed by atoms with Crippen molar-refractivity contribution < 1.29 is 28.5 Å². The van der Waals surface area contributed by atoms with E-state index < -0.39 is 4.92 Å². The summed E-state index contributed by atoms with van der Waals surface area (Å²) in [5.41, 5.74) is 2.37. The molecular weight excluding hydrogens is 480 g/mol. The molecule has 2 aromatic carbocycles. The molecule has 0 aliphatic carbocycles. The standard InChI is InChI=1S/C26H28N4O7/c1-3-35-24-16-19(9-11-23-26(30(32)33)18(2)28-37-23)8-10-22(24)36-17-25(31)27-20-6-4-5-7-21(20)29-12-14-34-15-13-29/h4-11,16H,3,12-15,17H2,1-2H3,(H,27,31)/b11-9+. The van der Waals surface area contributed by atoms with E-state index in [9.17, 15) is 14.9 Å². The maximum atomic E-state index is 12.7. The third-order valence-electron chi connectivity index (χ3n) is 5.62. The molecule has 2 heterocycles. The van der Waals surface area contributed by atoms with Crippen LogP contribution in [0.4, 0.5) is 17.1 Å². The number of morpholine rings is 1. The Kier molecular flexibility index (Phi) is 8.37. The lowest BCUT2D eigenvalue weighted by atomic mass is 10.1. The predicted octanol–water partition coefficient (Wildman–Crippen LogP) is 4.31. The number of aryl methyl sites for hydroxylation is 1. The molecule has 0 bridgehead atoms. The Hall–Kier alpha value is -4.38. The van der Waals surface area contributed by atoms with Crippen molar-refractivity contribution >= 4 is 35.1 Å². The fourth-order valence-electron chi connectivity index (χ4n) is 3.89. The zero-order valence-electron chi connectivity index (χ0n) is 20.6. The lowest BCUT2D eigenvalue weighted by Gasteiger charge is -2.30. The minimum absolute atomic E-state index is 0.0508. The number of anilines is 2. The highest BCUT2D eigenvalue weighted by Gasteiger charge is 2.22. The van der Waals surface area contributed by atoms with Crippen LogP contribution in [0.15, 0.2) is 47.0 Å². The van der Waals surface area contributed by atoms with Gasteiger partial charge in [-0.05, 0) is 49.8 Å². The average molecular weight is 509 g/mol. The molecule has 0 radical (unpaired) electrons. The summed E-state index contributed by atoms with van der Waals surface area (Å²) in [5.74, 6) is 0.585. The summed E-state index contributed by atoms with van der Waals surface area (Å²) in [6, 6.07) is 12.8. The first-order chi connectivity index (χ1) is 18.0. The molecule has 3 aromatic rings. The maximum absolute atomic E-state index is 12.7. The van der Waals surface area contributed by atoms with Gasteiger partial charge in [-0.2, -0.15) is 0 Å². The normalized spacial score (nSPS) is 13.5. The summed E-state index contributed by atoms with van der Waals surface area (Å²) in [6.07, 6.45) is 3.12. The number of para-hydroxylation sites is 2. The van der Waals surface area contributed by atoms with Gasteiger partial charge in [0.1, 0.15) is 0 Å². The summed E-state index contributed by atoms with van der Waals surface area (Å²) in [4.78, 5) is 25.6. The molecule has 1 aliphatic heterocycles. The van der Waals surface area contributed by atoms with E-state index in [1.807, 2.05) is 31.2 Å². The van der Waals surface area contributed by atoms with Crippen LogP contribution in [-0.4, -0.2) is 55.5 Å². The second kappa shape index (κ2) is 12.0. The number of carbonyl (C=O) groups is 1. The number of nitrogens with one attached hydrogen (secondary N) is 1. The smallest absolute Gasteiger partial charge is 0.338 e. The average Bonchev–Trinajstić information content (AvgIpc) is 3.28. The van der Waals surface area contributed by atoms with Crippen molar-refractivity contribution in [2.75, 3.05) is 49.7 Å². The van der Waals surface area contributed by atoms with Crippen molar-refractivity contribution in [1.29, 1.82) is 0 Å². The number of benzene rings is 2. The molecule has 194 valence electrons. The van der Waals surface area contributed by atoms with Crippen LogP contribution >= 0.6 is 0 Å². The fraction of sp³-hybridized carbons (Fsp3) is 0.308. The van der Waals surface area contributed by atoms with Gasteiger partial charge in [-0.15, -0.1) is 0 Å². The summed E-state index contributed by atoms with van der Waals surface area (Å²) in [7, 11) is 0. The van der Waals surface area contributed by atoms with E-state index >= 15 is 0 Å². The number of rotatable bonds is 10. The lowest BCUT2D eigenvalue weighted by molar-refractivity contribution is -0.386. The molecule has 1 aromatic heterocycles. The monoisotopic (exact) mass is 508 g/mol. The zero-order valence-corrected chi connectivity index (χ0v) is 20.6. The molecule has 11 nitrogen and oxygen atoms in total. The molecule has 1 aliphatic rings. The molecule has 1 amide bonds. The molecule has 0 saturated carbocycles. The topological polar surface area (TPSA) is 129 Å². The van der Waals surface area contributed by atoms with Gasteiger partial charge in [-0.3, -0.25) is 14.9 Å². The largest absolute Gasteiger partial charge is 0.490 e. The molecule has 1 saturated heterocycles. The number of aromatic nitrogens is 1. The van der Waals surface area contributed by atoms with Crippen LogP contribution in [0, 0.1) is 17.0 Å². The number of hydrogen-bond acceptors (Lipinski definition) is 9. The van der Waals surface area contributed by atoms with Crippen LogP contribution in [-0.2, 0) is 9.53 Å². The van der Waals surface area contributed by atoms with Gasteiger partial charge in [-0.25, -0.2) is 0 Å². The second-order valence-corrected chi connectivity index (χ2v) is 8.16. The van der Waals surface area contributed by atoms with Crippen molar-refractivity contribution in [2.24, 2.45) is 0 Å². The summed E-state index contributed by atoms with van der Waals surface area (Å²) in [5, 5.41) is 17.8. The highest BCUT2D eigenvalue weighted by molar-refractivity contribution is 5.95. The van der Waals surface area contributed by atoms with Crippen molar-refractivity contribution in [1.82, 2.24) is 5.16 Å². The second-order valence-electron chi connectivity index (χ2n) is 8.16. The Bertz CT molecular complexity index is 1280. The maximum Gasteiger partial charge on any atom is 0.338 e. The molecule has 4 rings (SSSR count). The third kappa shape index (κ3) is 6.44. The molecule has 0 unspecified atom stereocenters. The number of nitrogens with zero attached hydrogens (tertiary/aromatic N) is 3. The highest BCUT2D eigenvalue weighted by Crippen LogP contribution is 2.31. The Balaban J connectivity index is 1.42. The molecule has 11 heteroatoms. The van der Waals surface area contributed by atoms with Gasteiger partial charge in [0.05, 0.1) is 36.1 Å². The van der Waals surface area contributed by atoms with Crippen LogP contribution in [0.5, 0.6) is 11.5 Å². The first-order valence-corrected chi connectivity index (χ1v) is 11.9. The molecular formula is C26H28N4O7.